The Kier molecular flexibility index (Phi) is 6.73. The SMILES string of the molecule is CCCCc1cc(Nc2ncnc3cc(-c4ncccc4C(F)(F)F)ccc23)ccc1S(N)(=O)=O. The van der Waals surface area contributed by atoms with Gasteiger partial charge in [-0.15, -0.1) is 0 Å². The van der Waals surface area contributed by atoms with Gasteiger partial charge in [0.2, 0.25) is 10.0 Å². The van der Waals surface area contributed by atoms with Gasteiger partial charge in [0.1, 0.15) is 12.1 Å². The highest BCUT2D eigenvalue weighted by molar-refractivity contribution is 7.89. The van der Waals surface area contributed by atoms with Gasteiger partial charge < -0.3 is 5.32 Å². The van der Waals surface area contributed by atoms with Crippen molar-refractivity contribution in [3.63, 3.8) is 0 Å². The molecule has 0 unspecified atom stereocenters. The zero-order chi connectivity index (χ0) is 25.2. The fourth-order valence-corrected chi connectivity index (χ4v) is 4.59. The van der Waals surface area contributed by atoms with E-state index in [0.29, 0.717) is 34.4 Å². The van der Waals surface area contributed by atoms with Gasteiger partial charge >= 0.3 is 6.18 Å². The molecule has 0 fully saturated rings. The quantitative estimate of drug-likeness (QED) is 0.349. The zero-order valence-corrected chi connectivity index (χ0v) is 19.5. The summed E-state index contributed by atoms with van der Waals surface area (Å²) in [5.41, 5.74) is 0.863. The third kappa shape index (κ3) is 5.41. The summed E-state index contributed by atoms with van der Waals surface area (Å²) in [6.07, 6.45) is 0.274. The minimum Gasteiger partial charge on any atom is -0.340 e. The molecular formula is C24H22F3N5O2S. The number of anilines is 2. The maximum Gasteiger partial charge on any atom is 0.418 e. The summed E-state index contributed by atoms with van der Waals surface area (Å²) in [5.74, 6) is 0.420. The molecule has 0 radical (unpaired) electrons. The van der Waals surface area contributed by atoms with Crippen molar-refractivity contribution in [1.29, 1.82) is 0 Å². The van der Waals surface area contributed by atoms with E-state index in [2.05, 4.69) is 20.3 Å². The molecule has 2 aromatic heterocycles. The number of hydrogen-bond acceptors (Lipinski definition) is 6. The number of benzene rings is 2. The van der Waals surface area contributed by atoms with Crippen LogP contribution < -0.4 is 10.5 Å². The number of sulfonamides is 1. The zero-order valence-electron chi connectivity index (χ0n) is 18.7. The predicted molar refractivity (Wildman–Crippen MR) is 127 cm³/mol. The summed E-state index contributed by atoms with van der Waals surface area (Å²) in [4.78, 5) is 12.5. The van der Waals surface area contributed by atoms with Crippen LogP contribution in [0.2, 0.25) is 0 Å². The lowest BCUT2D eigenvalue weighted by Gasteiger charge is -2.14. The number of aryl methyl sites for hydroxylation is 1. The second-order valence-corrected chi connectivity index (χ2v) is 9.48. The molecule has 0 saturated heterocycles. The molecule has 2 heterocycles. The van der Waals surface area contributed by atoms with Gasteiger partial charge in [-0.25, -0.2) is 23.5 Å². The number of nitrogens with one attached hydrogen (secondary N) is 1. The van der Waals surface area contributed by atoms with E-state index in [1.54, 1.807) is 18.2 Å². The van der Waals surface area contributed by atoms with Gasteiger partial charge in [-0.3, -0.25) is 4.98 Å². The molecule has 182 valence electrons. The first-order valence-electron chi connectivity index (χ1n) is 10.8. The van der Waals surface area contributed by atoms with Gasteiger partial charge in [0, 0.05) is 22.8 Å². The summed E-state index contributed by atoms with van der Waals surface area (Å²) in [5, 5.41) is 9.09. The molecule has 0 aliphatic carbocycles. The average Bonchev–Trinajstić information content (AvgIpc) is 2.81. The van der Waals surface area contributed by atoms with E-state index in [-0.39, 0.29) is 16.2 Å². The van der Waals surface area contributed by atoms with Crippen LogP contribution >= 0.6 is 0 Å². The number of aromatic nitrogens is 3. The molecule has 11 heteroatoms. The Labute approximate surface area is 200 Å². The summed E-state index contributed by atoms with van der Waals surface area (Å²) >= 11 is 0. The Morgan fingerprint density at radius 3 is 2.54 bits per heavy atom. The van der Waals surface area contributed by atoms with Crippen molar-refractivity contribution in [2.75, 3.05) is 5.32 Å². The Balaban J connectivity index is 1.72. The third-order valence-corrected chi connectivity index (χ3v) is 6.46. The Morgan fingerprint density at radius 1 is 1.03 bits per heavy atom. The van der Waals surface area contributed by atoms with E-state index in [4.69, 9.17) is 5.14 Å². The van der Waals surface area contributed by atoms with Gasteiger partial charge in [-0.05, 0) is 60.9 Å². The van der Waals surface area contributed by atoms with E-state index in [1.165, 1.54) is 36.8 Å². The van der Waals surface area contributed by atoms with Crippen LogP contribution in [-0.2, 0) is 22.6 Å². The lowest BCUT2D eigenvalue weighted by molar-refractivity contribution is -0.137. The molecule has 3 N–H and O–H groups in total. The maximum absolute atomic E-state index is 13.4. The first kappa shape index (κ1) is 24.6. The fourth-order valence-electron chi connectivity index (χ4n) is 3.80. The molecule has 0 saturated carbocycles. The van der Waals surface area contributed by atoms with E-state index in [9.17, 15) is 21.6 Å². The number of nitrogens with zero attached hydrogens (tertiary/aromatic N) is 3. The molecule has 35 heavy (non-hydrogen) atoms. The van der Waals surface area contributed by atoms with E-state index < -0.39 is 21.8 Å². The number of primary sulfonamides is 1. The Hall–Kier alpha value is -3.57. The fraction of sp³-hybridized carbons (Fsp3) is 0.208. The number of rotatable bonds is 7. The number of nitrogens with two attached hydrogens (primary N) is 1. The van der Waals surface area contributed by atoms with Crippen LogP contribution in [0.3, 0.4) is 0 Å². The number of pyridine rings is 1. The molecule has 0 amide bonds. The largest absolute Gasteiger partial charge is 0.418 e. The molecule has 0 aliphatic heterocycles. The molecule has 0 aliphatic rings. The third-order valence-electron chi connectivity index (χ3n) is 5.45. The summed E-state index contributed by atoms with van der Waals surface area (Å²) in [6.45, 7) is 2.00. The lowest BCUT2D eigenvalue weighted by Crippen LogP contribution is -2.15. The van der Waals surface area contributed by atoms with E-state index in [1.807, 2.05) is 6.92 Å². The second-order valence-electron chi connectivity index (χ2n) is 7.95. The molecular weight excluding hydrogens is 479 g/mol. The van der Waals surface area contributed by atoms with Crippen molar-refractivity contribution < 1.29 is 21.6 Å². The summed E-state index contributed by atoms with van der Waals surface area (Å²) in [7, 11) is -3.87. The van der Waals surface area contributed by atoms with Crippen LogP contribution in [0.4, 0.5) is 24.7 Å². The number of hydrogen-bond donors (Lipinski definition) is 2. The topological polar surface area (TPSA) is 111 Å². The van der Waals surface area contributed by atoms with Crippen LogP contribution in [-0.4, -0.2) is 23.4 Å². The van der Waals surface area contributed by atoms with Crippen LogP contribution in [0.15, 0.2) is 66.0 Å². The van der Waals surface area contributed by atoms with Crippen LogP contribution in [0.25, 0.3) is 22.2 Å². The highest BCUT2D eigenvalue weighted by Crippen LogP contribution is 2.37. The highest BCUT2D eigenvalue weighted by atomic mass is 32.2. The Bertz CT molecular complexity index is 1490. The van der Waals surface area contributed by atoms with Gasteiger partial charge in [0.15, 0.2) is 0 Å². The smallest absolute Gasteiger partial charge is 0.340 e. The van der Waals surface area contributed by atoms with Crippen LogP contribution in [0.1, 0.15) is 30.9 Å². The number of fused-ring (bicyclic) bond motifs is 1. The lowest BCUT2D eigenvalue weighted by atomic mass is 10.0. The second kappa shape index (κ2) is 9.59. The van der Waals surface area contributed by atoms with Crippen molar-refractivity contribution in [2.24, 2.45) is 5.14 Å². The van der Waals surface area contributed by atoms with Gasteiger partial charge in [-0.1, -0.05) is 19.4 Å². The maximum atomic E-state index is 13.4. The van der Waals surface area contributed by atoms with Crippen LogP contribution in [0, 0.1) is 0 Å². The van der Waals surface area contributed by atoms with Gasteiger partial charge in [-0.2, -0.15) is 13.2 Å². The summed E-state index contributed by atoms with van der Waals surface area (Å²) in [6, 6.07) is 11.7. The molecule has 7 nitrogen and oxygen atoms in total. The van der Waals surface area contributed by atoms with Gasteiger partial charge in [0.25, 0.3) is 0 Å². The van der Waals surface area contributed by atoms with Crippen molar-refractivity contribution in [1.82, 2.24) is 15.0 Å². The van der Waals surface area contributed by atoms with E-state index in [0.717, 1.165) is 18.9 Å². The molecule has 0 spiro atoms. The Morgan fingerprint density at radius 2 is 1.83 bits per heavy atom. The molecule has 4 aromatic rings. The minimum atomic E-state index is -4.55. The van der Waals surface area contributed by atoms with Crippen molar-refractivity contribution in [3.05, 3.63) is 72.2 Å². The number of unbranched alkanes of at least 4 members (excludes halogenated alkanes) is 1. The molecule has 0 atom stereocenters. The monoisotopic (exact) mass is 501 g/mol. The average molecular weight is 502 g/mol. The minimum absolute atomic E-state index is 0.0736. The normalized spacial score (nSPS) is 12.1. The predicted octanol–water partition coefficient (Wildman–Crippen LogP) is 5.44. The number of halogens is 3. The van der Waals surface area contributed by atoms with Gasteiger partial charge in [0.05, 0.1) is 21.7 Å². The first-order chi connectivity index (χ1) is 16.6. The molecule has 0 bridgehead atoms. The van der Waals surface area contributed by atoms with Crippen molar-refractivity contribution >= 4 is 32.4 Å². The number of alkyl halides is 3. The summed E-state index contributed by atoms with van der Waals surface area (Å²) < 4.78 is 64.3. The van der Waals surface area contributed by atoms with Crippen LogP contribution in [0.5, 0.6) is 0 Å². The first-order valence-corrected chi connectivity index (χ1v) is 12.3. The highest BCUT2D eigenvalue weighted by Gasteiger charge is 2.34. The van der Waals surface area contributed by atoms with E-state index >= 15 is 0 Å². The van der Waals surface area contributed by atoms with Crippen molar-refractivity contribution in [2.45, 2.75) is 37.3 Å². The molecule has 2 aromatic carbocycles. The standard InChI is InChI=1S/C24H22F3N5O2S/c1-2-3-5-15-12-17(8-10-21(15)35(28,33)34)32-23-18-9-7-16(13-20(18)30-14-31-23)22-19(24(25,26)27)6-4-11-29-22/h4,6-14H,2-3,5H2,1H3,(H2,28,33,34)(H,30,31,32). The molecule has 4 rings (SSSR count). The van der Waals surface area contributed by atoms with Crippen molar-refractivity contribution in [3.8, 4) is 11.3 Å².